The third kappa shape index (κ3) is 2.78. The van der Waals surface area contributed by atoms with Crippen LogP contribution in [-0.4, -0.2) is 20.2 Å². The number of aromatic nitrogens is 4. The van der Waals surface area contributed by atoms with Crippen molar-refractivity contribution in [1.82, 2.24) is 20.2 Å². The molecule has 0 radical (unpaired) electrons. The van der Waals surface area contributed by atoms with Gasteiger partial charge in [0.2, 0.25) is 5.95 Å². The molecule has 0 amide bonds. The Kier molecular flexibility index (Phi) is 3.97. The Balaban J connectivity index is 1.76. The van der Waals surface area contributed by atoms with Crippen LogP contribution in [0, 0.1) is 5.82 Å². The molecule has 1 aromatic heterocycles. The fourth-order valence-electron chi connectivity index (χ4n) is 2.98. The second-order valence-electron chi connectivity index (χ2n) is 5.61. The summed E-state index contributed by atoms with van der Waals surface area (Å²) in [5.41, 5.74) is 1.60. The van der Waals surface area contributed by atoms with Gasteiger partial charge < -0.3 is 5.32 Å². The Bertz CT molecular complexity index is 882. The van der Waals surface area contributed by atoms with Crippen LogP contribution < -0.4 is 5.32 Å². The van der Waals surface area contributed by atoms with Crippen LogP contribution in [0.1, 0.15) is 29.6 Å². The van der Waals surface area contributed by atoms with E-state index < -0.39 is 0 Å². The molecule has 0 unspecified atom stereocenters. The molecule has 3 aromatic rings. The first kappa shape index (κ1) is 15.5. The minimum Gasteiger partial charge on any atom is -0.346 e. The molecule has 1 aliphatic rings. The number of nitrogens with zero attached hydrogens (tertiary/aromatic N) is 4. The quantitative estimate of drug-likeness (QED) is 0.684. The van der Waals surface area contributed by atoms with Crippen LogP contribution in [0.4, 0.5) is 10.3 Å². The Morgan fingerprint density at radius 1 is 1.21 bits per heavy atom. The standard InChI is InChI=1S/C16H12BrClFN5/c17-10-3-6-13(19)12(7-10)15-8-14(9-1-4-11(18)5-2-9)20-16-21-22-23-24(15)16/h1-7,14-15H,8H2,(H,20,21,23)/t14-,15+/m0/s1. The van der Waals surface area contributed by atoms with Gasteiger partial charge in [-0.25, -0.2) is 9.07 Å². The number of nitrogens with one attached hydrogen (secondary N) is 1. The predicted octanol–water partition coefficient (Wildman–Crippen LogP) is 4.37. The summed E-state index contributed by atoms with van der Waals surface area (Å²) in [6.45, 7) is 0. The van der Waals surface area contributed by atoms with E-state index in [9.17, 15) is 4.39 Å². The average molecular weight is 409 g/mol. The molecule has 0 aliphatic carbocycles. The molecule has 5 nitrogen and oxygen atoms in total. The maximum absolute atomic E-state index is 14.4. The zero-order chi connectivity index (χ0) is 16.7. The summed E-state index contributed by atoms with van der Waals surface area (Å²) in [4.78, 5) is 0. The van der Waals surface area contributed by atoms with Crippen molar-refractivity contribution < 1.29 is 4.39 Å². The summed E-state index contributed by atoms with van der Waals surface area (Å²) < 4.78 is 16.8. The van der Waals surface area contributed by atoms with Crippen molar-refractivity contribution in [2.75, 3.05) is 5.32 Å². The molecular formula is C16H12BrClFN5. The highest BCUT2D eigenvalue weighted by Gasteiger charge is 2.32. The Labute approximate surface area is 151 Å². The number of anilines is 1. The fraction of sp³-hybridized carbons (Fsp3) is 0.188. The second-order valence-corrected chi connectivity index (χ2v) is 6.96. The van der Waals surface area contributed by atoms with E-state index in [4.69, 9.17) is 11.6 Å². The first-order valence-corrected chi connectivity index (χ1v) is 8.54. The van der Waals surface area contributed by atoms with Crippen molar-refractivity contribution in [2.24, 2.45) is 0 Å². The summed E-state index contributed by atoms with van der Waals surface area (Å²) in [7, 11) is 0. The van der Waals surface area contributed by atoms with E-state index in [-0.39, 0.29) is 17.9 Å². The van der Waals surface area contributed by atoms with Crippen LogP contribution in [0.5, 0.6) is 0 Å². The van der Waals surface area contributed by atoms with E-state index in [0.29, 0.717) is 23.0 Å². The fourth-order valence-corrected chi connectivity index (χ4v) is 3.48. The zero-order valence-electron chi connectivity index (χ0n) is 12.3. The molecule has 0 bridgehead atoms. The highest BCUT2D eigenvalue weighted by molar-refractivity contribution is 9.10. The van der Waals surface area contributed by atoms with Gasteiger partial charge >= 0.3 is 0 Å². The highest BCUT2D eigenvalue weighted by Crippen LogP contribution is 2.38. The topological polar surface area (TPSA) is 55.6 Å². The number of hydrogen-bond acceptors (Lipinski definition) is 4. The van der Waals surface area contributed by atoms with Crippen LogP contribution in [0.15, 0.2) is 46.9 Å². The molecule has 0 fully saturated rings. The molecule has 0 spiro atoms. The summed E-state index contributed by atoms with van der Waals surface area (Å²) in [6.07, 6.45) is 0.618. The number of tetrazole rings is 1. The maximum atomic E-state index is 14.4. The smallest absolute Gasteiger partial charge is 0.243 e. The lowest BCUT2D eigenvalue weighted by molar-refractivity contribution is 0.409. The molecular weight excluding hydrogens is 397 g/mol. The molecule has 122 valence electrons. The van der Waals surface area contributed by atoms with Gasteiger partial charge in [0.05, 0.1) is 12.1 Å². The SMILES string of the molecule is Fc1ccc(Br)cc1[C@H]1C[C@@H](c2ccc(Cl)cc2)Nc2nnnn21. The van der Waals surface area contributed by atoms with Gasteiger partial charge in [-0.2, -0.15) is 0 Å². The van der Waals surface area contributed by atoms with Crippen molar-refractivity contribution in [1.29, 1.82) is 0 Å². The van der Waals surface area contributed by atoms with E-state index in [2.05, 4.69) is 36.8 Å². The largest absolute Gasteiger partial charge is 0.346 e. The Morgan fingerprint density at radius 3 is 2.79 bits per heavy atom. The molecule has 4 rings (SSSR count). The summed E-state index contributed by atoms with van der Waals surface area (Å²) in [6, 6.07) is 12.1. The minimum atomic E-state index is -0.297. The van der Waals surface area contributed by atoms with Gasteiger partial charge in [0.15, 0.2) is 0 Å². The van der Waals surface area contributed by atoms with E-state index in [1.807, 2.05) is 24.3 Å². The van der Waals surface area contributed by atoms with Gasteiger partial charge in [-0.15, -0.1) is 0 Å². The lowest BCUT2D eigenvalue weighted by atomic mass is 9.93. The molecule has 2 atom stereocenters. The minimum absolute atomic E-state index is 0.0378. The molecule has 1 aliphatic heterocycles. The highest BCUT2D eigenvalue weighted by atomic mass is 79.9. The first-order chi connectivity index (χ1) is 11.6. The van der Waals surface area contributed by atoms with Gasteiger partial charge in [0.25, 0.3) is 0 Å². The monoisotopic (exact) mass is 407 g/mol. The lowest BCUT2D eigenvalue weighted by Gasteiger charge is -2.31. The maximum Gasteiger partial charge on any atom is 0.243 e. The van der Waals surface area contributed by atoms with Gasteiger partial charge in [-0.1, -0.05) is 44.8 Å². The Morgan fingerprint density at radius 2 is 2.00 bits per heavy atom. The van der Waals surface area contributed by atoms with Gasteiger partial charge in [-0.05, 0) is 52.7 Å². The van der Waals surface area contributed by atoms with E-state index >= 15 is 0 Å². The van der Waals surface area contributed by atoms with E-state index in [1.165, 1.54) is 6.07 Å². The van der Waals surface area contributed by atoms with Crippen molar-refractivity contribution in [3.63, 3.8) is 0 Å². The molecule has 8 heteroatoms. The molecule has 24 heavy (non-hydrogen) atoms. The van der Waals surface area contributed by atoms with Crippen molar-refractivity contribution in [3.8, 4) is 0 Å². The third-order valence-corrected chi connectivity index (χ3v) is 4.88. The number of rotatable bonds is 2. The summed E-state index contributed by atoms with van der Waals surface area (Å²) >= 11 is 9.37. The van der Waals surface area contributed by atoms with Gasteiger partial charge in [-0.3, -0.25) is 0 Å². The zero-order valence-corrected chi connectivity index (χ0v) is 14.7. The third-order valence-electron chi connectivity index (χ3n) is 4.14. The molecule has 2 heterocycles. The van der Waals surface area contributed by atoms with Crippen LogP contribution in [0.2, 0.25) is 5.02 Å². The molecule has 0 saturated carbocycles. The molecule has 2 aromatic carbocycles. The Hall–Kier alpha value is -1.99. The number of benzene rings is 2. The molecule has 0 saturated heterocycles. The van der Waals surface area contributed by atoms with Crippen LogP contribution >= 0.6 is 27.5 Å². The normalized spacial score (nSPS) is 19.6. The summed E-state index contributed by atoms with van der Waals surface area (Å²) in [5.74, 6) is 0.243. The molecule has 1 N–H and O–H groups in total. The second kappa shape index (κ2) is 6.14. The average Bonchev–Trinajstić information content (AvgIpc) is 3.05. The van der Waals surface area contributed by atoms with Gasteiger partial charge in [0.1, 0.15) is 5.82 Å². The van der Waals surface area contributed by atoms with E-state index in [1.54, 1.807) is 16.8 Å². The predicted molar refractivity (Wildman–Crippen MR) is 92.5 cm³/mol. The van der Waals surface area contributed by atoms with Crippen LogP contribution in [0.25, 0.3) is 0 Å². The number of halogens is 3. The van der Waals surface area contributed by atoms with E-state index in [0.717, 1.165) is 10.0 Å². The first-order valence-electron chi connectivity index (χ1n) is 7.36. The van der Waals surface area contributed by atoms with Crippen LogP contribution in [0.3, 0.4) is 0 Å². The van der Waals surface area contributed by atoms with Crippen molar-refractivity contribution >= 4 is 33.5 Å². The van der Waals surface area contributed by atoms with Crippen molar-refractivity contribution in [3.05, 3.63) is 68.9 Å². The summed E-state index contributed by atoms with van der Waals surface area (Å²) in [5, 5.41) is 15.7. The lowest BCUT2D eigenvalue weighted by Crippen LogP contribution is -2.28. The number of hydrogen-bond donors (Lipinski definition) is 1. The number of fused-ring (bicyclic) bond motifs is 1. The van der Waals surface area contributed by atoms with Crippen LogP contribution in [-0.2, 0) is 0 Å². The van der Waals surface area contributed by atoms with Crippen molar-refractivity contribution in [2.45, 2.75) is 18.5 Å². The van der Waals surface area contributed by atoms with Gasteiger partial charge in [0, 0.05) is 15.1 Å².